The minimum atomic E-state index is -1.22. The summed E-state index contributed by atoms with van der Waals surface area (Å²) in [5, 5.41) is 11.5. The van der Waals surface area contributed by atoms with Gasteiger partial charge in [0.05, 0.1) is 30.2 Å². The molecule has 2 aromatic rings. The second-order valence-electron chi connectivity index (χ2n) is 8.18. The van der Waals surface area contributed by atoms with Crippen LogP contribution in [0.5, 0.6) is 0 Å². The van der Waals surface area contributed by atoms with E-state index in [2.05, 4.69) is 20.3 Å². The number of amidine groups is 2. The van der Waals surface area contributed by atoms with Gasteiger partial charge in [0.2, 0.25) is 12.0 Å². The predicted octanol–water partition coefficient (Wildman–Crippen LogP) is 1.70. The lowest BCUT2D eigenvalue weighted by atomic mass is 10.0. The predicted molar refractivity (Wildman–Crippen MR) is 144 cm³/mol. The summed E-state index contributed by atoms with van der Waals surface area (Å²) in [6.45, 7) is 4.45. The highest BCUT2D eigenvalue weighted by atomic mass is 16.5. The minimum Gasteiger partial charge on any atom is -0.409 e. The largest absolute Gasteiger partial charge is 0.409 e. The maximum atomic E-state index is 13.0. The SMILES string of the molecule is CCN=CC(C(=N)N1CCOCC1)=C(N)OC(N)=NC1N=C(c2ccccc2)c2ccccc2NC1=O. The molecule has 2 aliphatic heterocycles. The first kappa shape index (κ1) is 25.6. The third-order valence-corrected chi connectivity index (χ3v) is 5.69. The molecule has 1 fully saturated rings. The number of benzodiazepines with no additional fused rings is 1. The van der Waals surface area contributed by atoms with Crippen molar-refractivity contribution in [2.45, 2.75) is 13.1 Å². The maximum absolute atomic E-state index is 13.0. The van der Waals surface area contributed by atoms with Crippen molar-refractivity contribution < 1.29 is 14.3 Å². The molecule has 6 N–H and O–H groups in total. The first-order valence-electron chi connectivity index (χ1n) is 11.9. The molecule has 1 amide bonds. The summed E-state index contributed by atoms with van der Waals surface area (Å²) in [4.78, 5) is 27.9. The smallest absolute Gasteiger partial charge is 0.291 e. The number of carbonyl (C=O) groups excluding carboxylic acids is 1. The van der Waals surface area contributed by atoms with Crippen LogP contribution in [0.15, 0.2) is 81.0 Å². The maximum Gasteiger partial charge on any atom is 0.291 e. The summed E-state index contributed by atoms with van der Waals surface area (Å²) >= 11 is 0. The zero-order chi connectivity index (χ0) is 26.2. The Kier molecular flexibility index (Phi) is 8.26. The molecule has 1 unspecified atom stereocenters. The first-order valence-corrected chi connectivity index (χ1v) is 11.9. The first-order chi connectivity index (χ1) is 18.0. The van der Waals surface area contributed by atoms with E-state index in [-0.39, 0.29) is 23.3 Å². The van der Waals surface area contributed by atoms with Crippen LogP contribution >= 0.6 is 0 Å². The summed E-state index contributed by atoms with van der Waals surface area (Å²) in [5.41, 5.74) is 15.3. The number of anilines is 1. The van der Waals surface area contributed by atoms with Crippen LogP contribution in [-0.4, -0.2) is 73.6 Å². The zero-order valence-electron chi connectivity index (χ0n) is 20.6. The van der Waals surface area contributed by atoms with Gasteiger partial charge in [0.25, 0.3) is 11.9 Å². The summed E-state index contributed by atoms with van der Waals surface area (Å²) in [5.74, 6) is -0.487. The Bertz CT molecular complexity index is 1260. The van der Waals surface area contributed by atoms with Crippen LogP contribution in [0.1, 0.15) is 18.1 Å². The molecule has 0 aliphatic carbocycles. The second-order valence-corrected chi connectivity index (χ2v) is 8.18. The Balaban J connectivity index is 1.65. The Hall–Kier alpha value is -4.51. The highest BCUT2D eigenvalue weighted by molar-refractivity contribution is 6.19. The van der Waals surface area contributed by atoms with E-state index in [0.29, 0.717) is 44.2 Å². The van der Waals surface area contributed by atoms with Crippen LogP contribution in [0.3, 0.4) is 0 Å². The molecule has 2 heterocycles. The van der Waals surface area contributed by atoms with E-state index >= 15 is 0 Å². The Morgan fingerprint density at radius 2 is 1.89 bits per heavy atom. The molecule has 11 heteroatoms. The lowest BCUT2D eigenvalue weighted by molar-refractivity contribution is -0.117. The van der Waals surface area contributed by atoms with Gasteiger partial charge in [-0.2, -0.15) is 4.99 Å². The fourth-order valence-corrected chi connectivity index (χ4v) is 3.86. The summed E-state index contributed by atoms with van der Waals surface area (Å²) in [7, 11) is 0. The number of ether oxygens (including phenoxy) is 2. The molecule has 2 aromatic carbocycles. The van der Waals surface area contributed by atoms with Gasteiger partial charge >= 0.3 is 0 Å². The third-order valence-electron chi connectivity index (χ3n) is 5.69. The molecule has 4 rings (SSSR count). The number of aliphatic imine (C=N–C) groups is 3. The van der Waals surface area contributed by atoms with Crippen molar-refractivity contribution in [2.24, 2.45) is 26.4 Å². The van der Waals surface area contributed by atoms with Crippen molar-refractivity contribution in [1.29, 1.82) is 5.41 Å². The van der Waals surface area contributed by atoms with Crippen LogP contribution < -0.4 is 16.8 Å². The number of benzene rings is 2. The number of amides is 1. The number of hydrogen-bond acceptors (Lipinski definition) is 8. The zero-order valence-corrected chi connectivity index (χ0v) is 20.6. The van der Waals surface area contributed by atoms with Crippen LogP contribution in [0.25, 0.3) is 0 Å². The summed E-state index contributed by atoms with van der Waals surface area (Å²) in [6, 6.07) is 16.5. The van der Waals surface area contributed by atoms with E-state index in [1.165, 1.54) is 6.21 Å². The number of fused-ring (bicyclic) bond motifs is 1. The van der Waals surface area contributed by atoms with E-state index < -0.39 is 12.1 Å². The number of carbonyl (C=O) groups is 1. The van der Waals surface area contributed by atoms with Gasteiger partial charge in [0.15, 0.2) is 0 Å². The van der Waals surface area contributed by atoms with Gasteiger partial charge in [-0.3, -0.25) is 15.2 Å². The lowest BCUT2D eigenvalue weighted by Crippen LogP contribution is -2.42. The quantitative estimate of drug-likeness (QED) is 0.267. The van der Waals surface area contributed by atoms with E-state index in [9.17, 15) is 4.79 Å². The topological polar surface area (TPSA) is 164 Å². The molecule has 0 saturated carbocycles. The molecule has 37 heavy (non-hydrogen) atoms. The number of nitrogens with one attached hydrogen (secondary N) is 2. The Morgan fingerprint density at radius 1 is 1.19 bits per heavy atom. The van der Waals surface area contributed by atoms with E-state index in [4.69, 9.17) is 26.4 Å². The fraction of sp³-hybridized carbons (Fsp3) is 0.269. The van der Waals surface area contributed by atoms with Crippen molar-refractivity contribution in [3.8, 4) is 0 Å². The van der Waals surface area contributed by atoms with Gasteiger partial charge in [-0.1, -0.05) is 48.5 Å². The van der Waals surface area contributed by atoms with Gasteiger partial charge in [-0.05, 0) is 13.0 Å². The summed E-state index contributed by atoms with van der Waals surface area (Å²) < 4.78 is 10.9. The average molecular weight is 503 g/mol. The van der Waals surface area contributed by atoms with Gasteiger partial charge in [0, 0.05) is 37.0 Å². The van der Waals surface area contributed by atoms with Gasteiger partial charge < -0.3 is 31.2 Å². The van der Waals surface area contributed by atoms with E-state index in [1.807, 2.05) is 60.4 Å². The second kappa shape index (κ2) is 12.0. The van der Waals surface area contributed by atoms with Gasteiger partial charge in [0.1, 0.15) is 5.84 Å². The van der Waals surface area contributed by atoms with Crippen molar-refractivity contribution in [3.63, 3.8) is 0 Å². The minimum absolute atomic E-state index is 0.137. The van der Waals surface area contributed by atoms with E-state index in [0.717, 1.165) is 11.1 Å². The van der Waals surface area contributed by atoms with Crippen LogP contribution in [0, 0.1) is 5.41 Å². The molecule has 1 atom stereocenters. The number of hydrogen-bond donors (Lipinski definition) is 4. The fourth-order valence-electron chi connectivity index (χ4n) is 3.86. The normalized spacial score (nSPS) is 18.9. The molecule has 0 bridgehead atoms. The molecular weight excluding hydrogens is 472 g/mol. The average Bonchev–Trinajstić information content (AvgIpc) is 3.05. The number of nitrogens with two attached hydrogens (primary N) is 2. The van der Waals surface area contributed by atoms with E-state index in [1.54, 1.807) is 6.07 Å². The number of nitrogens with zero attached hydrogens (tertiary/aromatic N) is 4. The van der Waals surface area contributed by atoms with Gasteiger partial charge in [-0.15, -0.1) is 0 Å². The van der Waals surface area contributed by atoms with Crippen molar-refractivity contribution in [2.75, 3.05) is 38.2 Å². The number of rotatable bonds is 6. The van der Waals surface area contributed by atoms with Crippen molar-refractivity contribution >= 4 is 35.4 Å². The monoisotopic (exact) mass is 502 g/mol. The number of morpholine rings is 1. The molecule has 192 valence electrons. The molecule has 0 radical (unpaired) electrons. The summed E-state index contributed by atoms with van der Waals surface area (Å²) in [6.07, 6.45) is 0.253. The molecule has 2 aliphatic rings. The van der Waals surface area contributed by atoms with Crippen molar-refractivity contribution in [1.82, 2.24) is 4.90 Å². The molecule has 1 saturated heterocycles. The lowest BCUT2D eigenvalue weighted by Gasteiger charge is -2.29. The molecule has 0 aromatic heterocycles. The Morgan fingerprint density at radius 3 is 2.62 bits per heavy atom. The molecule has 0 spiro atoms. The van der Waals surface area contributed by atoms with Crippen LogP contribution in [0.2, 0.25) is 0 Å². The van der Waals surface area contributed by atoms with Gasteiger partial charge in [-0.25, -0.2) is 4.99 Å². The molecule has 11 nitrogen and oxygen atoms in total. The molecular formula is C26H30N8O3. The highest BCUT2D eigenvalue weighted by Gasteiger charge is 2.26. The highest BCUT2D eigenvalue weighted by Crippen LogP contribution is 2.24. The Labute approximate surface area is 215 Å². The van der Waals surface area contributed by atoms with Crippen molar-refractivity contribution in [3.05, 3.63) is 77.2 Å². The van der Waals surface area contributed by atoms with Crippen LogP contribution in [-0.2, 0) is 14.3 Å². The standard InChI is InChI=1S/C26H30N8O3/c1-2-30-16-19(22(27)34-12-14-36-15-13-34)23(28)37-26(29)33-24-25(35)31-20-11-7-6-10-18(20)21(32-24)17-8-4-3-5-9-17/h3-11,16,24,27H,2,12-15,28H2,1H3,(H2,29,33)(H,31,35). The van der Waals surface area contributed by atoms with Crippen LogP contribution in [0.4, 0.5) is 5.69 Å². The number of para-hydroxylation sites is 1. The third kappa shape index (κ3) is 6.19.